The van der Waals surface area contributed by atoms with E-state index in [1.165, 1.54) is 0 Å². The fraction of sp³-hybridized carbons (Fsp3) is 0.562. The van der Waals surface area contributed by atoms with E-state index in [2.05, 4.69) is 11.8 Å². The van der Waals surface area contributed by atoms with Crippen molar-refractivity contribution >= 4 is 21.4 Å². The highest BCUT2D eigenvalue weighted by Crippen LogP contribution is 2.18. The van der Waals surface area contributed by atoms with E-state index in [1.54, 1.807) is 11.9 Å². The molecule has 2 rings (SSSR count). The van der Waals surface area contributed by atoms with Crippen LogP contribution in [0.4, 0.5) is 5.69 Å². The molecule has 1 unspecified atom stereocenters. The third-order valence-electron chi connectivity index (χ3n) is 4.25. The van der Waals surface area contributed by atoms with Crippen LogP contribution in [-0.4, -0.2) is 56.9 Å². The van der Waals surface area contributed by atoms with Gasteiger partial charge in [0, 0.05) is 38.3 Å². The average Bonchev–Trinajstić information content (AvgIpc) is 2.88. The molecule has 1 atom stereocenters. The molecule has 0 spiro atoms. The quantitative estimate of drug-likeness (QED) is 0.797. The van der Waals surface area contributed by atoms with Gasteiger partial charge in [0.1, 0.15) is 0 Å². The summed E-state index contributed by atoms with van der Waals surface area (Å²) in [6, 6.07) is 9.83. The zero-order valence-electron chi connectivity index (χ0n) is 13.2. The van der Waals surface area contributed by atoms with Gasteiger partial charge in [0.25, 0.3) is 0 Å². The second-order valence-corrected chi connectivity index (χ2v) is 7.96. The fourth-order valence-electron chi connectivity index (χ4n) is 2.80. The average molecular weight is 324 g/mol. The fourth-order valence-corrected chi connectivity index (χ4v) is 4.57. The molecule has 1 amide bonds. The van der Waals surface area contributed by atoms with E-state index < -0.39 is 9.84 Å². The van der Waals surface area contributed by atoms with Gasteiger partial charge >= 0.3 is 0 Å². The molecule has 0 aromatic heterocycles. The van der Waals surface area contributed by atoms with Crippen LogP contribution in [0.1, 0.15) is 19.8 Å². The smallest absolute Gasteiger partial charge is 0.224 e. The minimum Gasteiger partial charge on any atom is -0.371 e. The molecule has 0 N–H and O–H groups in total. The number of carbonyl (C=O) groups is 1. The maximum absolute atomic E-state index is 12.3. The topological polar surface area (TPSA) is 57.7 Å². The van der Waals surface area contributed by atoms with Crippen molar-refractivity contribution in [1.82, 2.24) is 4.90 Å². The van der Waals surface area contributed by atoms with E-state index in [0.29, 0.717) is 19.4 Å². The summed E-state index contributed by atoms with van der Waals surface area (Å²) in [5.41, 5.74) is 1.10. The van der Waals surface area contributed by atoms with E-state index in [0.717, 1.165) is 12.2 Å². The number of hydrogen-bond donors (Lipinski definition) is 0. The molecule has 122 valence electrons. The number of para-hydroxylation sites is 1. The van der Waals surface area contributed by atoms with Crippen LogP contribution in [0.25, 0.3) is 0 Å². The molecular weight excluding hydrogens is 300 g/mol. The molecule has 22 heavy (non-hydrogen) atoms. The van der Waals surface area contributed by atoms with Gasteiger partial charge < -0.3 is 9.80 Å². The second kappa shape index (κ2) is 7.13. The predicted octanol–water partition coefficient (Wildman–Crippen LogP) is 1.55. The summed E-state index contributed by atoms with van der Waals surface area (Å²) in [7, 11) is -1.24. The van der Waals surface area contributed by atoms with Gasteiger partial charge in [-0.05, 0) is 25.5 Å². The molecule has 5 nitrogen and oxygen atoms in total. The Morgan fingerprint density at radius 3 is 2.50 bits per heavy atom. The Morgan fingerprint density at radius 2 is 1.95 bits per heavy atom. The maximum Gasteiger partial charge on any atom is 0.224 e. The number of nitrogens with zero attached hydrogens (tertiary/aromatic N) is 2. The summed E-state index contributed by atoms with van der Waals surface area (Å²) in [6.07, 6.45) is 0.955. The Morgan fingerprint density at radius 1 is 1.27 bits per heavy atom. The highest BCUT2D eigenvalue weighted by Gasteiger charge is 2.32. The summed E-state index contributed by atoms with van der Waals surface area (Å²) >= 11 is 0. The van der Waals surface area contributed by atoms with Crippen LogP contribution in [0.3, 0.4) is 0 Å². The summed E-state index contributed by atoms with van der Waals surface area (Å²) in [5.74, 6) is 0.308. The molecule has 0 radical (unpaired) electrons. The molecule has 1 aliphatic rings. The largest absolute Gasteiger partial charge is 0.371 e. The van der Waals surface area contributed by atoms with E-state index >= 15 is 0 Å². The highest BCUT2D eigenvalue weighted by molar-refractivity contribution is 7.91. The van der Waals surface area contributed by atoms with Gasteiger partial charge in [-0.1, -0.05) is 18.2 Å². The standard InChI is InChI=1S/C16H24N2O3S/c1-3-18(14-7-5-4-6-8-14)11-9-16(19)17(2)15-10-12-22(20,21)13-15/h4-8,15H,3,9-13H2,1-2H3. The number of amides is 1. The van der Waals surface area contributed by atoms with E-state index in [-0.39, 0.29) is 23.5 Å². The molecule has 0 bridgehead atoms. The van der Waals surface area contributed by atoms with Crippen LogP contribution in [0.15, 0.2) is 30.3 Å². The minimum absolute atomic E-state index is 0.0106. The number of benzene rings is 1. The van der Waals surface area contributed by atoms with Crippen LogP contribution < -0.4 is 4.90 Å². The van der Waals surface area contributed by atoms with Crippen LogP contribution in [-0.2, 0) is 14.6 Å². The molecule has 1 saturated heterocycles. The van der Waals surface area contributed by atoms with Crippen molar-refractivity contribution in [3.05, 3.63) is 30.3 Å². The zero-order chi connectivity index (χ0) is 16.2. The van der Waals surface area contributed by atoms with Gasteiger partial charge in [-0.25, -0.2) is 8.42 Å². The lowest BCUT2D eigenvalue weighted by Gasteiger charge is -2.27. The Hall–Kier alpha value is -1.56. The summed E-state index contributed by atoms with van der Waals surface area (Å²) in [6.45, 7) is 3.53. The van der Waals surface area contributed by atoms with Gasteiger partial charge in [0.05, 0.1) is 11.5 Å². The van der Waals surface area contributed by atoms with Crippen molar-refractivity contribution in [2.45, 2.75) is 25.8 Å². The molecule has 6 heteroatoms. The van der Waals surface area contributed by atoms with Crippen LogP contribution >= 0.6 is 0 Å². The van der Waals surface area contributed by atoms with Crippen LogP contribution in [0.5, 0.6) is 0 Å². The number of rotatable bonds is 6. The highest BCUT2D eigenvalue weighted by atomic mass is 32.2. The SMILES string of the molecule is CCN(CCC(=O)N(C)C1CCS(=O)(=O)C1)c1ccccc1. The van der Waals surface area contributed by atoms with Crippen LogP contribution in [0, 0.1) is 0 Å². The van der Waals surface area contributed by atoms with Gasteiger partial charge in [0.15, 0.2) is 9.84 Å². The van der Waals surface area contributed by atoms with Crippen molar-refractivity contribution in [3.63, 3.8) is 0 Å². The first-order valence-corrected chi connectivity index (χ1v) is 9.51. The third kappa shape index (κ3) is 4.22. The predicted molar refractivity (Wildman–Crippen MR) is 88.8 cm³/mol. The minimum atomic E-state index is -2.96. The lowest BCUT2D eigenvalue weighted by atomic mass is 10.2. The summed E-state index contributed by atoms with van der Waals surface area (Å²) in [5, 5.41) is 0. The molecular formula is C16H24N2O3S. The van der Waals surface area contributed by atoms with E-state index in [4.69, 9.17) is 0 Å². The molecule has 1 fully saturated rings. The van der Waals surface area contributed by atoms with Gasteiger partial charge in [-0.2, -0.15) is 0 Å². The Balaban J connectivity index is 1.89. The second-order valence-electron chi connectivity index (χ2n) is 5.73. The Labute approximate surface area is 132 Å². The molecule has 0 saturated carbocycles. The number of sulfone groups is 1. The molecule has 1 aromatic carbocycles. The molecule has 1 heterocycles. The summed E-state index contributed by atoms with van der Waals surface area (Å²) < 4.78 is 23.0. The van der Waals surface area contributed by atoms with Crippen molar-refractivity contribution in [2.75, 3.05) is 36.5 Å². The Bertz CT molecular complexity index is 601. The van der Waals surface area contributed by atoms with Crippen molar-refractivity contribution in [3.8, 4) is 0 Å². The molecule has 0 aliphatic carbocycles. The zero-order valence-corrected chi connectivity index (χ0v) is 14.1. The summed E-state index contributed by atoms with van der Waals surface area (Å²) in [4.78, 5) is 16.1. The number of hydrogen-bond acceptors (Lipinski definition) is 4. The molecule has 1 aliphatic heterocycles. The van der Waals surface area contributed by atoms with Gasteiger partial charge in [0.2, 0.25) is 5.91 Å². The van der Waals surface area contributed by atoms with Crippen molar-refractivity contribution < 1.29 is 13.2 Å². The third-order valence-corrected chi connectivity index (χ3v) is 6.00. The number of carbonyl (C=O) groups excluding carboxylic acids is 1. The first-order valence-electron chi connectivity index (χ1n) is 7.69. The lowest BCUT2D eigenvalue weighted by Crippen LogP contribution is -2.39. The van der Waals surface area contributed by atoms with Crippen molar-refractivity contribution in [1.29, 1.82) is 0 Å². The normalized spacial score (nSPS) is 19.8. The van der Waals surface area contributed by atoms with Crippen LogP contribution in [0.2, 0.25) is 0 Å². The molecule has 1 aromatic rings. The Kier molecular flexibility index (Phi) is 5.45. The van der Waals surface area contributed by atoms with Crippen molar-refractivity contribution in [2.24, 2.45) is 0 Å². The lowest BCUT2D eigenvalue weighted by molar-refractivity contribution is -0.131. The van der Waals surface area contributed by atoms with Gasteiger partial charge in [-0.3, -0.25) is 4.79 Å². The van der Waals surface area contributed by atoms with E-state index in [9.17, 15) is 13.2 Å². The maximum atomic E-state index is 12.3. The number of anilines is 1. The van der Waals surface area contributed by atoms with Gasteiger partial charge in [-0.15, -0.1) is 0 Å². The first-order chi connectivity index (χ1) is 10.4. The van der Waals surface area contributed by atoms with E-state index in [1.807, 2.05) is 30.3 Å². The first kappa shape index (κ1) is 16.8. The monoisotopic (exact) mass is 324 g/mol.